The third-order valence-electron chi connectivity index (χ3n) is 2.58. The van der Waals surface area contributed by atoms with Crippen molar-refractivity contribution in [3.63, 3.8) is 0 Å². The van der Waals surface area contributed by atoms with Gasteiger partial charge in [-0.05, 0) is 37.1 Å². The van der Waals surface area contributed by atoms with E-state index in [0.29, 0.717) is 42.5 Å². The number of amides is 1. The van der Waals surface area contributed by atoms with Crippen molar-refractivity contribution in [2.75, 3.05) is 24.8 Å². The molecular weight excluding hydrogens is 298 g/mol. The number of carbonyl (C=O) groups is 1. The fraction of sp³-hybridized carbons (Fsp3) is 0.500. The lowest BCUT2D eigenvalue weighted by Crippen LogP contribution is -2.12. The van der Waals surface area contributed by atoms with Crippen LogP contribution in [0, 0.1) is 0 Å². The van der Waals surface area contributed by atoms with E-state index in [1.54, 1.807) is 24.5 Å². The quantitative estimate of drug-likeness (QED) is 0.750. The summed E-state index contributed by atoms with van der Waals surface area (Å²) >= 11 is 6.03. The highest BCUT2D eigenvalue weighted by molar-refractivity contribution is 7.83. The van der Waals surface area contributed by atoms with Gasteiger partial charge in [0.2, 0.25) is 5.91 Å². The number of ether oxygens (including phenoxy) is 1. The van der Waals surface area contributed by atoms with Crippen molar-refractivity contribution < 1.29 is 13.7 Å². The highest BCUT2D eigenvalue weighted by Crippen LogP contribution is 2.22. The summed E-state index contributed by atoms with van der Waals surface area (Å²) in [6.07, 6.45) is 2.73. The lowest BCUT2D eigenvalue weighted by atomic mass is 10.2. The predicted octanol–water partition coefficient (Wildman–Crippen LogP) is 2.97. The molecule has 0 spiro atoms. The van der Waals surface area contributed by atoms with Gasteiger partial charge in [-0.2, -0.15) is 0 Å². The van der Waals surface area contributed by atoms with Gasteiger partial charge in [0.25, 0.3) is 0 Å². The summed E-state index contributed by atoms with van der Waals surface area (Å²) < 4.78 is 16.4. The molecule has 0 bridgehead atoms. The Labute approximate surface area is 127 Å². The summed E-state index contributed by atoms with van der Waals surface area (Å²) in [7, 11) is -0.969. The third-order valence-corrected chi connectivity index (χ3v) is 3.67. The normalized spacial score (nSPS) is 12.2. The van der Waals surface area contributed by atoms with Crippen LogP contribution < -0.4 is 5.32 Å². The smallest absolute Gasteiger partial charge is 0.224 e. The minimum Gasteiger partial charge on any atom is -0.382 e. The maximum atomic E-state index is 11.7. The summed E-state index contributed by atoms with van der Waals surface area (Å²) in [6, 6.07) is 5.22. The summed E-state index contributed by atoms with van der Waals surface area (Å²) in [5, 5.41) is 3.37. The molecule has 0 fully saturated rings. The highest BCUT2D eigenvalue weighted by atomic mass is 35.5. The molecule has 0 aliphatic rings. The third kappa shape index (κ3) is 6.50. The van der Waals surface area contributed by atoms with Crippen LogP contribution in [0.1, 0.15) is 25.3 Å². The Morgan fingerprint density at radius 3 is 2.85 bits per heavy atom. The van der Waals surface area contributed by atoms with Gasteiger partial charge in [0, 0.05) is 53.2 Å². The van der Waals surface area contributed by atoms with Crippen LogP contribution in [0.15, 0.2) is 18.2 Å². The number of rotatable bonds is 8. The van der Waals surface area contributed by atoms with E-state index in [4.69, 9.17) is 16.3 Å². The van der Waals surface area contributed by atoms with E-state index < -0.39 is 10.8 Å². The van der Waals surface area contributed by atoms with Crippen LogP contribution in [0.25, 0.3) is 0 Å². The molecule has 1 unspecified atom stereocenters. The minimum atomic E-state index is -0.969. The summed E-state index contributed by atoms with van der Waals surface area (Å²) in [5.41, 5.74) is 1.45. The average molecular weight is 318 g/mol. The molecule has 0 aliphatic heterocycles. The van der Waals surface area contributed by atoms with Gasteiger partial charge in [-0.15, -0.1) is 0 Å². The number of carbonyl (C=O) groups excluding carboxylic acids is 1. The number of nitrogens with one attached hydrogen (secondary N) is 1. The first-order chi connectivity index (χ1) is 9.52. The van der Waals surface area contributed by atoms with Crippen LogP contribution in [-0.2, 0) is 26.1 Å². The maximum Gasteiger partial charge on any atom is 0.224 e. The molecule has 1 aromatic rings. The van der Waals surface area contributed by atoms with E-state index in [-0.39, 0.29) is 5.91 Å². The van der Waals surface area contributed by atoms with Crippen LogP contribution in [0.5, 0.6) is 0 Å². The van der Waals surface area contributed by atoms with Gasteiger partial charge in [-0.3, -0.25) is 9.00 Å². The average Bonchev–Trinajstić information content (AvgIpc) is 2.38. The van der Waals surface area contributed by atoms with E-state index in [1.807, 2.05) is 6.92 Å². The molecule has 0 aromatic heterocycles. The molecule has 0 aliphatic carbocycles. The Morgan fingerprint density at radius 2 is 2.20 bits per heavy atom. The number of hydrogen-bond acceptors (Lipinski definition) is 3. The first kappa shape index (κ1) is 17.1. The highest BCUT2D eigenvalue weighted by Gasteiger charge is 2.07. The largest absolute Gasteiger partial charge is 0.382 e. The summed E-state index contributed by atoms with van der Waals surface area (Å²) in [6.45, 7) is 3.17. The van der Waals surface area contributed by atoms with Gasteiger partial charge >= 0.3 is 0 Å². The standard InChI is InChI=1S/C14H20ClNO3S/c1-3-19-8-4-5-14(17)16-12-6-7-13(15)11(9-12)10-20(2)18/h6-7,9H,3-5,8,10H2,1-2H3,(H,16,17). The molecular formula is C14H20ClNO3S. The first-order valence-corrected chi connectivity index (χ1v) is 8.59. The van der Waals surface area contributed by atoms with Gasteiger partial charge in [-0.25, -0.2) is 0 Å². The Morgan fingerprint density at radius 1 is 1.45 bits per heavy atom. The van der Waals surface area contributed by atoms with Crippen LogP contribution in [-0.4, -0.2) is 29.6 Å². The molecule has 0 heterocycles. The van der Waals surface area contributed by atoms with Crippen molar-refractivity contribution >= 4 is 34.0 Å². The minimum absolute atomic E-state index is 0.0596. The molecule has 1 N–H and O–H groups in total. The lowest BCUT2D eigenvalue weighted by molar-refractivity contribution is -0.116. The molecule has 6 heteroatoms. The molecule has 1 aromatic carbocycles. The van der Waals surface area contributed by atoms with Crippen molar-refractivity contribution in [3.8, 4) is 0 Å². The SMILES string of the molecule is CCOCCCC(=O)Nc1ccc(Cl)c(CS(C)=O)c1. The summed E-state index contributed by atoms with van der Waals surface area (Å²) in [4.78, 5) is 11.7. The van der Waals surface area contributed by atoms with Crippen LogP contribution >= 0.6 is 11.6 Å². The monoisotopic (exact) mass is 317 g/mol. The van der Waals surface area contributed by atoms with Crippen LogP contribution in [0.4, 0.5) is 5.69 Å². The number of hydrogen-bond donors (Lipinski definition) is 1. The molecule has 20 heavy (non-hydrogen) atoms. The van der Waals surface area contributed by atoms with Crippen molar-refractivity contribution in [2.24, 2.45) is 0 Å². The van der Waals surface area contributed by atoms with E-state index in [9.17, 15) is 9.00 Å². The van der Waals surface area contributed by atoms with Crippen molar-refractivity contribution in [2.45, 2.75) is 25.5 Å². The lowest BCUT2D eigenvalue weighted by Gasteiger charge is -2.08. The van der Waals surface area contributed by atoms with E-state index in [0.717, 1.165) is 5.56 Å². The zero-order valence-corrected chi connectivity index (χ0v) is 13.4. The van der Waals surface area contributed by atoms with Gasteiger partial charge in [0.15, 0.2) is 0 Å². The predicted molar refractivity (Wildman–Crippen MR) is 83.6 cm³/mol. The molecule has 1 atom stereocenters. The molecule has 4 nitrogen and oxygen atoms in total. The summed E-state index contributed by atoms with van der Waals surface area (Å²) in [5.74, 6) is 0.322. The number of halogens is 1. The van der Waals surface area contributed by atoms with Crippen LogP contribution in [0.3, 0.4) is 0 Å². The fourth-order valence-electron chi connectivity index (χ4n) is 1.68. The second-order valence-electron chi connectivity index (χ2n) is 4.37. The first-order valence-electron chi connectivity index (χ1n) is 6.49. The molecule has 1 rings (SSSR count). The van der Waals surface area contributed by atoms with Gasteiger partial charge < -0.3 is 10.1 Å². The topological polar surface area (TPSA) is 55.4 Å². The zero-order valence-electron chi connectivity index (χ0n) is 11.8. The van der Waals surface area contributed by atoms with E-state index in [2.05, 4.69) is 5.32 Å². The Balaban J connectivity index is 2.54. The fourth-order valence-corrected chi connectivity index (χ4v) is 2.63. The zero-order chi connectivity index (χ0) is 15.0. The number of anilines is 1. The second kappa shape index (κ2) is 9.10. The molecule has 0 saturated carbocycles. The van der Waals surface area contributed by atoms with Crippen molar-refractivity contribution in [1.82, 2.24) is 0 Å². The van der Waals surface area contributed by atoms with Crippen molar-refractivity contribution in [3.05, 3.63) is 28.8 Å². The van der Waals surface area contributed by atoms with Gasteiger partial charge in [0.05, 0.1) is 0 Å². The Kier molecular flexibility index (Phi) is 7.80. The molecule has 112 valence electrons. The molecule has 1 amide bonds. The van der Waals surface area contributed by atoms with Crippen molar-refractivity contribution in [1.29, 1.82) is 0 Å². The molecule has 0 saturated heterocycles. The van der Waals surface area contributed by atoms with Gasteiger partial charge in [-0.1, -0.05) is 11.6 Å². The second-order valence-corrected chi connectivity index (χ2v) is 6.21. The van der Waals surface area contributed by atoms with E-state index in [1.165, 1.54) is 0 Å². The maximum absolute atomic E-state index is 11.7. The van der Waals surface area contributed by atoms with Crippen LogP contribution in [0.2, 0.25) is 5.02 Å². The van der Waals surface area contributed by atoms with Gasteiger partial charge in [0.1, 0.15) is 0 Å². The molecule has 0 radical (unpaired) electrons. The Hall–Kier alpha value is -0.910. The Bertz CT molecular complexity index is 479. The van der Waals surface area contributed by atoms with E-state index >= 15 is 0 Å². The number of benzene rings is 1.